The Bertz CT molecular complexity index is 804. The third-order valence-electron chi connectivity index (χ3n) is 3.38. The lowest BCUT2D eigenvalue weighted by Gasteiger charge is -2.10. The molecular weight excluding hydrogens is 250 g/mol. The lowest BCUT2D eigenvalue weighted by molar-refractivity contribution is 0.0697. The Kier molecular flexibility index (Phi) is 2.95. The molecule has 0 atom stereocenters. The van der Waals surface area contributed by atoms with Crippen molar-refractivity contribution in [2.45, 2.75) is 6.92 Å². The second kappa shape index (κ2) is 4.78. The molecule has 3 nitrogen and oxygen atoms in total. The van der Waals surface area contributed by atoms with Crippen LogP contribution in [0.5, 0.6) is 0 Å². The second-order valence-corrected chi connectivity index (χ2v) is 4.76. The molecule has 0 unspecified atom stereocenters. The van der Waals surface area contributed by atoms with Crippen LogP contribution in [0.15, 0.2) is 54.9 Å². The lowest BCUT2D eigenvalue weighted by Crippen LogP contribution is -2.00. The van der Waals surface area contributed by atoms with Crippen molar-refractivity contribution in [1.29, 1.82) is 0 Å². The van der Waals surface area contributed by atoms with Gasteiger partial charge in [-0.3, -0.25) is 4.98 Å². The average molecular weight is 263 g/mol. The Labute approximate surface area is 116 Å². The molecule has 1 N–H and O–H groups in total. The van der Waals surface area contributed by atoms with E-state index in [-0.39, 0.29) is 0 Å². The Balaban J connectivity index is 2.34. The number of pyridine rings is 1. The van der Waals surface area contributed by atoms with Gasteiger partial charge in [0, 0.05) is 17.8 Å². The highest BCUT2D eigenvalue weighted by molar-refractivity contribution is 6.03. The molecule has 0 fully saturated rings. The molecule has 0 radical (unpaired) electrons. The molecule has 0 saturated heterocycles. The number of aromatic carboxylic acids is 1. The highest BCUT2D eigenvalue weighted by Gasteiger charge is 2.13. The van der Waals surface area contributed by atoms with Crippen molar-refractivity contribution in [3.05, 3.63) is 66.0 Å². The van der Waals surface area contributed by atoms with E-state index in [0.29, 0.717) is 5.56 Å². The number of fused-ring (bicyclic) bond motifs is 1. The molecule has 3 rings (SSSR count). The first kappa shape index (κ1) is 12.4. The van der Waals surface area contributed by atoms with Crippen LogP contribution in [-0.2, 0) is 0 Å². The van der Waals surface area contributed by atoms with Gasteiger partial charge in [0.05, 0.1) is 5.56 Å². The molecule has 0 amide bonds. The summed E-state index contributed by atoms with van der Waals surface area (Å²) in [6, 6.07) is 13.3. The van der Waals surface area contributed by atoms with Crippen LogP contribution in [-0.4, -0.2) is 16.1 Å². The zero-order valence-electron chi connectivity index (χ0n) is 11.0. The number of hydrogen-bond acceptors (Lipinski definition) is 2. The summed E-state index contributed by atoms with van der Waals surface area (Å²) in [5, 5.41) is 11.4. The van der Waals surface area contributed by atoms with Gasteiger partial charge in [0.15, 0.2) is 0 Å². The Morgan fingerprint density at radius 1 is 1.10 bits per heavy atom. The first-order valence-electron chi connectivity index (χ1n) is 6.34. The number of carboxylic acid groups (broad SMARTS) is 1. The van der Waals surface area contributed by atoms with Crippen molar-refractivity contribution in [1.82, 2.24) is 4.98 Å². The third kappa shape index (κ3) is 2.03. The maximum atomic E-state index is 11.5. The van der Waals surface area contributed by atoms with Gasteiger partial charge in [0.2, 0.25) is 0 Å². The van der Waals surface area contributed by atoms with Gasteiger partial charge in [-0.1, -0.05) is 35.9 Å². The summed E-state index contributed by atoms with van der Waals surface area (Å²) in [6.45, 7) is 1.89. The summed E-state index contributed by atoms with van der Waals surface area (Å²) < 4.78 is 0. The van der Waals surface area contributed by atoms with Gasteiger partial charge >= 0.3 is 5.97 Å². The number of carbonyl (C=O) groups is 1. The quantitative estimate of drug-likeness (QED) is 0.762. The minimum Gasteiger partial charge on any atom is -0.478 e. The SMILES string of the molecule is Cc1ccc(-c2cccc3ccncc23)c(C(=O)O)c1. The van der Waals surface area contributed by atoms with Crippen molar-refractivity contribution in [3.63, 3.8) is 0 Å². The van der Waals surface area contributed by atoms with Gasteiger partial charge in [-0.05, 0) is 35.6 Å². The largest absolute Gasteiger partial charge is 0.478 e. The van der Waals surface area contributed by atoms with E-state index in [2.05, 4.69) is 4.98 Å². The number of benzene rings is 2. The van der Waals surface area contributed by atoms with E-state index < -0.39 is 5.97 Å². The standard InChI is InChI=1S/C17H13NO2/c1-11-5-6-14(15(9-11)17(19)20)13-4-2-3-12-7-8-18-10-16(12)13/h2-10H,1H3,(H,19,20). The Hall–Kier alpha value is -2.68. The normalized spacial score (nSPS) is 10.7. The zero-order valence-corrected chi connectivity index (χ0v) is 11.0. The summed E-state index contributed by atoms with van der Waals surface area (Å²) >= 11 is 0. The van der Waals surface area contributed by atoms with E-state index in [0.717, 1.165) is 27.5 Å². The summed E-state index contributed by atoms with van der Waals surface area (Å²) in [4.78, 5) is 15.6. The topological polar surface area (TPSA) is 50.2 Å². The van der Waals surface area contributed by atoms with Gasteiger partial charge in [0.1, 0.15) is 0 Å². The molecule has 0 spiro atoms. The molecule has 0 aliphatic heterocycles. The molecule has 1 aromatic heterocycles. The van der Waals surface area contributed by atoms with Crippen LogP contribution in [0.25, 0.3) is 21.9 Å². The van der Waals surface area contributed by atoms with Crippen LogP contribution < -0.4 is 0 Å². The van der Waals surface area contributed by atoms with Crippen molar-refractivity contribution < 1.29 is 9.90 Å². The molecule has 2 aromatic carbocycles. The fraction of sp³-hybridized carbons (Fsp3) is 0.0588. The van der Waals surface area contributed by atoms with Crippen molar-refractivity contribution in [2.75, 3.05) is 0 Å². The second-order valence-electron chi connectivity index (χ2n) is 4.76. The summed E-state index contributed by atoms with van der Waals surface area (Å²) in [7, 11) is 0. The zero-order chi connectivity index (χ0) is 14.1. The van der Waals surface area contributed by atoms with E-state index >= 15 is 0 Å². The van der Waals surface area contributed by atoms with E-state index in [1.54, 1.807) is 18.5 Å². The first-order valence-corrected chi connectivity index (χ1v) is 6.34. The summed E-state index contributed by atoms with van der Waals surface area (Å²) in [6.07, 6.45) is 3.51. The van der Waals surface area contributed by atoms with E-state index in [9.17, 15) is 9.90 Å². The molecule has 0 aliphatic carbocycles. The third-order valence-corrected chi connectivity index (χ3v) is 3.38. The number of rotatable bonds is 2. The van der Waals surface area contributed by atoms with E-state index in [1.807, 2.05) is 43.3 Å². The van der Waals surface area contributed by atoms with Crippen molar-refractivity contribution in [2.24, 2.45) is 0 Å². The molecule has 98 valence electrons. The van der Waals surface area contributed by atoms with Gasteiger partial charge in [-0.15, -0.1) is 0 Å². The minimum atomic E-state index is -0.912. The van der Waals surface area contributed by atoms with E-state index in [1.165, 1.54) is 0 Å². The van der Waals surface area contributed by atoms with Gasteiger partial charge in [0.25, 0.3) is 0 Å². The van der Waals surface area contributed by atoms with Crippen molar-refractivity contribution in [3.8, 4) is 11.1 Å². The molecular formula is C17H13NO2. The highest BCUT2D eigenvalue weighted by atomic mass is 16.4. The monoisotopic (exact) mass is 263 g/mol. The molecule has 3 heteroatoms. The summed E-state index contributed by atoms with van der Waals surface area (Å²) in [5.74, 6) is -0.912. The van der Waals surface area contributed by atoms with Crippen LogP contribution in [0, 0.1) is 6.92 Å². The molecule has 0 bridgehead atoms. The molecule has 1 heterocycles. The fourth-order valence-corrected chi connectivity index (χ4v) is 2.42. The van der Waals surface area contributed by atoms with Crippen LogP contribution in [0.1, 0.15) is 15.9 Å². The fourth-order valence-electron chi connectivity index (χ4n) is 2.42. The molecule has 0 saturated carbocycles. The smallest absolute Gasteiger partial charge is 0.336 e. The molecule has 0 aliphatic rings. The van der Waals surface area contributed by atoms with Crippen LogP contribution in [0.4, 0.5) is 0 Å². The van der Waals surface area contributed by atoms with Crippen LogP contribution in [0.3, 0.4) is 0 Å². The first-order chi connectivity index (χ1) is 9.66. The number of aryl methyl sites for hydroxylation is 1. The Morgan fingerprint density at radius 2 is 1.95 bits per heavy atom. The molecule has 3 aromatic rings. The highest BCUT2D eigenvalue weighted by Crippen LogP contribution is 2.31. The van der Waals surface area contributed by atoms with Crippen LogP contribution in [0.2, 0.25) is 0 Å². The van der Waals surface area contributed by atoms with Gasteiger partial charge in [-0.25, -0.2) is 4.79 Å². The van der Waals surface area contributed by atoms with Gasteiger partial charge < -0.3 is 5.11 Å². The number of nitrogens with zero attached hydrogens (tertiary/aromatic N) is 1. The Morgan fingerprint density at radius 3 is 2.75 bits per heavy atom. The maximum Gasteiger partial charge on any atom is 0.336 e. The number of hydrogen-bond donors (Lipinski definition) is 1. The minimum absolute atomic E-state index is 0.321. The predicted octanol–water partition coefficient (Wildman–Crippen LogP) is 3.91. The van der Waals surface area contributed by atoms with Gasteiger partial charge in [-0.2, -0.15) is 0 Å². The predicted molar refractivity (Wildman–Crippen MR) is 78.9 cm³/mol. The average Bonchev–Trinajstić information content (AvgIpc) is 2.46. The van der Waals surface area contributed by atoms with Crippen molar-refractivity contribution >= 4 is 16.7 Å². The number of aromatic nitrogens is 1. The lowest BCUT2D eigenvalue weighted by atomic mass is 9.94. The number of carboxylic acids is 1. The van der Waals surface area contributed by atoms with Crippen LogP contribution >= 0.6 is 0 Å². The molecule has 20 heavy (non-hydrogen) atoms. The van der Waals surface area contributed by atoms with E-state index in [4.69, 9.17) is 0 Å². The summed E-state index contributed by atoms with van der Waals surface area (Å²) in [5.41, 5.74) is 2.88. The maximum absolute atomic E-state index is 11.5.